The monoisotopic (exact) mass is 281 g/mol. The number of benzene rings is 1. The number of aliphatic carboxylic acids is 1. The first-order valence-corrected chi connectivity index (χ1v) is 5.76. The molecule has 0 atom stereocenters. The number of amides is 1. The molecule has 0 unspecified atom stereocenters. The number of nitrogens with zero attached hydrogens (tertiary/aromatic N) is 1. The van der Waals surface area contributed by atoms with Gasteiger partial charge in [-0.15, -0.1) is 0 Å². The molecular weight excluding hydrogens is 266 g/mol. The Morgan fingerprint density at radius 1 is 1.35 bits per heavy atom. The minimum atomic E-state index is -1.26. The largest absolute Gasteiger partial charge is 0.480 e. The van der Waals surface area contributed by atoms with E-state index >= 15 is 0 Å². The predicted octanol–water partition coefficient (Wildman–Crippen LogP) is 0.986. The average Bonchev–Trinajstić information content (AvgIpc) is 2.36. The second kappa shape index (κ2) is 6.11. The number of anilines is 1. The van der Waals surface area contributed by atoms with Gasteiger partial charge in [0, 0.05) is 6.07 Å². The van der Waals surface area contributed by atoms with Crippen molar-refractivity contribution in [3.63, 3.8) is 0 Å². The molecule has 0 aromatic heterocycles. The number of para-hydroxylation sites is 2. The second-order valence-electron chi connectivity index (χ2n) is 4.61. The summed E-state index contributed by atoms with van der Waals surface area (Å²) in [7, 11) is 0. The van der Waals surface area contributed by atoms with Crippen molar-refractivity contribution >= 4 is 23.3 Å². The summed E-state index contributed by atoms with van der Waals surface area (Å²) in [6.45, 7) is 2.55. The van der Waals surface area contributed by atoms with Crippen LogP contribution in [-0.4, -0.2) is 34.0 Å². The van der Waals surface area contributed by atoms with E-state index < -0.39 is 22.3 Å². The van der Waals surface area contributed by atoms with Gasteiger partial charge in [0.1, 0.15) is 11.2 Å². The lowest BCUT2D eigenvalue weighted by atomic mass is 10.1. The molecule has 0 spiro atoms. The number of rotatable bonds is 6. The number of nitro benzene ring substituents is 1. The summed E-state index contributed by atoms with van der Waals surface area (Å²) in [5, 5.41) is 24.6. The zero-order chi connectivity index (χ0) is 15.3. The van der Waals surface area contributed by atoms with Crippen molar-refractivity contribution in [2.75, 3.05) is 11.9 Å². The maximum atomic E-state index is 11.7. The summed E-state index contributed by atoms with van der Waals surface area (Å²) >= 11 is 0. The summed E-state index contributed by atoms with van der Waals surface area (Å²) in [6, 6.07) is 5.71. The molecule has 0 radical (unpaired) electrons. The fourth-order valence-corrected chi connectivity index (χ4v) is 1.31. The molecule has 0 aliphatic carbocycles. The van der Waals surface area contributed by atoms with Crippen molar-refractivity contribution in [3.05, 3.63) is 34.4 Å². The van der Waals surface area contributed by atoms with Crippen LogP contribution in [0.3, 0.4) is 0 Å². The lowest BCUT2D eigenvalue weighted by molar-refractivity contribution is -0.383. The van der Waals surface area contributed by atoms with Crippen molar-refractivity contribution in [2.45, 2.75) is 19.4 Å². The van der Waals surface area contributed by atoms with Crippen LogP contribution in [0.15, 0.2) is 24.3 Å². The van der Waals surface area contributed by atoms with Crippen LogP contribution in [0.2, 0.25) is 0 Å². The molecule has 108 valence electrons. The first-order valence-electron chi connectivity index (χ1n) is 5.76. The van der Waals surface area contributed by atoms with Crippen LogP contribution in [-0.2, 0) is 9.59 Å². The SMILES string of the molecule is CC(C)(NCC(=O)Nc1ccccc1[N+](=O)[O-])C(=O)O. The first-order chi connectivity index (χ1) is 9.24. The molecule has 0 aliphatic heterocycles. The number of nitro groups is 1. The van der Waals surface area contributed by atoms with E-state index in [9.17, 15) is 19.7 Å². The molecule has 1 aromatic rings. The van der Waals surface area contributed by atoms with E-state index in [1.807, 2.05) is 0 Å². The van der Waals surface area contributed by atoms with Gasteiger partial charge in [-0.1, -0.05) is 12.1 Å². The molecule has 1 aromatic carbocycles. The van der Waals surface area contributed by atoms with Crippen LogP contribution in [0.1, 0.15) is 13.8 Å². The van der Waals surface area contributed by atoms with Crippen LogP contribution in [0, 0.1) is 10.1 Å². The van der Waals surface area contributed by atoms with Gasteiger partial charge in [0.15, 0.2) is 0 Å². The van der Waals surface area contributed by atoms with E-state index in [4.69, 9.17) is 5.11 Å². The van der Waals surface area contributed by atoms with Gasteiger partial charge in [0.2, 0.25) is 5.91 Å². The molecule has 20 heavy (non-hydrogen) atoms. The Hall–Kier alpha value is -2.48. The quantitative estimate of drug-likeness (QED) is 0.528. The van der Waals surface area contributed by atoms with E-state index in [-0.39, 0.29) is 17.9 Å². The van der Waals surface area contributed by atoms with Crippen molar-refractivity contribution in [3.8, 4) is 0 Å². The van der Waals surface area contributed by atoms with Gasteiger partial charge >= 0.3 is 5.97 Å². The van der Waals surface area contributed by atoms with E-state index in [0.29, 0.717) is 0 Å². The van der Waals surface area contributed by atoms with Gasteiger partial charge in [-0.25, -0.2) is 0 Å². The third kappa shape index (κ3) is 4.02. The molecule has 0 heterocycles. The molecule has 0 fully saturated rings. The smallest absolute Gasteiger partial charge is 0.323 e. The number of hydrogen-bond donors (Lipinski definition) is 3. The van der Waals surface area contributed by atoms with Crippen molar-refractivity contribution < 1.29 is 19.6 Å². The van der Waals surface area contributed by atoms with Crippen molar-refractivity contribution in [2.24, 2.45) is 0 Å². The van der Waals surface area contributed by atoms with Crippen molar-refractivity contribution in [1.82, 2.24) is 5.32 Å². The maximum absolute atomic E-state index is 11.7. The number of carbonyl (C=O) groups is 2. The number of carbonyl (C=O) groups excluding carboxylic acids is 1. The van der Waals surface area contributed by atoms with Gasteiger partial charge in [-0.05, 0) is 19.9 Å². The maximum Gasteiger partial charge on any atom is 0.323 e. The van der Waals surface area contributed by atoms with Crippen LogP contribution >= 0.6 is 0 Å². The number of nitrogens with one attached hydrogen (secondary N) is 2. The fraction of sp³-hybridized carbons (Fsp3) is 0.333. The average molecular weight is 281 g/mol. The van der Waals surface area contributed by atoms with E-state index in [0.717, 1.165) is 0 Å². The normalized spacial score (nSPS) is 10.9. The van der Waals surface area contributed by atoms with Crippen LogP contribution in [0.25, 0.3) is 0 Å². The summed E-state index contributed by atoms with van der Waals surface area (Å²) < 4.78 is 0. The molecular formula is C12H15N3O5. The molecule has 0 saturated heterocycles. The highest BCUT2D eigenvalue weighted by Crippen LogP contribution is 2.22. The molecule has 1 amide bonds. The minimum Gasteiger partial charge on any atom is -0.480 e. The Bertz CT molecular complexity index is 542. The fourth-order valence-electron chi connectivity index (χ4n) is 1.31. The lowest BCUT2D eigenvalue weighted by Gasteiger charge is -2.20. The van der Waals surface area contributed by atoms with Gasteiger partial charge < -0.3 is 10.4 Å². The predicted molar refractivity (Wildman–Crippen MR) is 71.4 cm³/mol. The lowest BCUT2D eigenvalue weighted by Crippen LogP contribution is -2.49. The Morgan fingerprint density at radius 3 is 2.50 bits per heavy atom. The van der Waals surface area contributed by atoms with Gasteiger partial charge in [-0.3, -0.25) is 25.0 Å². The molecule has 8 nitrogen and oxygen atoms in total. The van der Waals surface area contributed by atoms with E-state index in [1.54, 1.807) is 6.07 Å². The number of carboxylic acids is 1. The van der Waals surface area contributed by atoms with Gasteiger partial charge in [0.05, 0.1) is 11.5 Å². The highest BCUT2D eigenvalue weighted by Gasteiger charge is 2.27. The van der Waals surface area contributed by atoms with Gasteiger partial charge in [0.25, 0.3) is 5.69 Å². The minimum absolute atomic E-state index is 0.0671. The van der Waals surface area contributed by atoms with Crippen LogP contribution in [0.5, 0.6) is 0 Å². The zero-order valence-corrected chi connectivity index (χ0v) is 11.0. The Labute approximate surface area is 114 Å². The van der Waals surface area contributed by atoms with Gasteiger partial charge in [-0.2, -0.15) is 0 Å². The molecule has 0 bridgehead atoms. The third-order valence-corrected chi connectivity index (χ3v) is 2.60. The first kappa shape index (κ1) is 15.6. The third-order valence-electron chi connectivity index (χ3n) is 2.60. The van der Waals surface area contributed by atoms with Crippen LogP contribution < -0.4 is 10.6 Å². The van der Waals surface area contributed by atoms with Crippen molar-refractivity contribution in [1.29, 1.82) is 0 Å². The summed E-state index contributed by atoms with van der Waals surface area (Å²) in [5.41, 5.74) is -1.42. The molecule has 8 heteroatoms. The molecule has 3 N–H and O–H groups in total. The standard InChI is InChI=1S/C12H15N3O5/c1-12(2,11(17)18)13-7-10(16)14-8-5-3-4-6-9(8)15(19)20/h3-6,13H,7H2,1-2H3,(H,14,16)(H,17,18). The summed E-state index contributed by atoms with van der Waals surface area (Å²) in [6.07, 6.45) is 0. The van der Waals surface area contributed by atoms with Crippen LogP contribution in [0.4, 0.5) is 11.4 Å². The van der Waals surface area contributed by atoms with E-state index in [1.165, 1.54) is 32.0 Å². The molecule has 1 rings (SSSR count). The second-order valence-corrected chi connectivity index (χ2v) is 4.61. The topological polar surface area (TPSA) is 122 Å². The Balaban J connectivity index is 2.69. The zero-order valence-electron chi connectivity index (χ0n) is 11.0. The number of carboxylic acid groups (broad SMARTS) is 1. The molecule has 0 saturated carbocycles. The summed E-state index contributed by atoms with van der Waals surface area (Å²) in [5.74, 6) is -1.66. The van der Waals surface area contributed by atoms with E-state index in [2.05, 4.69) is 10.6 Å². The highest BCUT2D eigenvalue weighted by molar-refractivity contribution is 5.94. The highest BCUT2D eigenvalue weighted by atomic mass is 16.6. The molecule has 0 aliphatic rings. The Morgan fingerprint density at radius 2 is 1.95 bits per heavy atom. The summed E-state index contributed by atoms with van der Waals surface area (Å²) in [4.78, 5) is 32.7. The number of hydrogen-bond acceptors (Lipinski definition) is 5. The Kier molecular flexibility index (Phi) is 4.76.